The maximum absolute atomic E-state index is 5.86. The molecular formula is C14H20O. The van der Waals surface area contributed by atoms with Crippen molar-refractivity contribution < 1.29 is 4.74 Å². The van der Waals surface area contributed by atoms with Gasteiger partial charge in [-0.3, -0.25) is 0 Å². The van der Waals surface area contributed by atoms with Crippen LogP contribution in [0.3, 0.4) is 0 Å². The van der Waals surface area contributed by atoms with E-state index in [0.717, 1.165) is 6.42 Å². The zero-order chi connectivity index (χ0) is 11.1. The fourth-order valence-corrected chi connectivity index (χ4v) is 1.47. The van der Waals surface area contributed by atoms with E-state index in [2.05, 4.69) is 32.6 Å². The lowest BCUT2D eigenvalue weighted by Crippen LogP contribution is -2.18. The third-order valence-electron chi connectivity index (χ3n) is 2.45. The van der Waals surface area contributed by atoms with Gasteiger partial charge in [0.1, 0.15) is 0 Å². The molecule has 82 valence electrons. The number of rotatable bonds is 6. The van der Waals surface area contributed by atoms with Crippen molar-refractivity contribution in [3.8, 4) is 0 Å². The highest BCUT2D eigenvalue weighted by Crippen LogP contribution is 2.13. The highest BCUT2D eigenvalue weighted by atomic mass is 16.5. The Labute approximate surface area is 92.8 Å². The molecule has 0 aliphatic rings. The summed E-state index contributed by atoms with van der Waals surface area (Å²) >= 11 is 0. The van der Waals surface area contributed by atoms with Gasteiger partial charge in [0.05, 0.1) is 12.7 Å². The van der Waals surface area contributed by atoms with Crippen molar-refractivity contribution in [2.45, 2.75) is 33.0 Å². The van der Waals surface area contributed by atoms with Crippen molar-refractivity contribution in [3.63, 3.8) is 0 Å². The Morgan fingerprint density at radius 3 is 2.47 bits per heavy atom. The molecule has 1 heteroatoms. The van der Waals surface area contributed by atoms with Crippen LogP contribution in [0.2, 0.25) is 0 Å². The van der Waals surface area contributed by atoms with Crippen LogP contribution in [0.15, 0.2) is 43.0 Å². The highest BCUT2D eigenvalue weighted by Gasteiger charge is 2.11. The van der Waals surface area contributed by atoms with Crippen molar-refractivity contribution in [1.29, 1.82) is 0 Å². The zero-order valence-electron chi connectivity index (χ0n) is 9.65. The molecule has 0 saturated carbocycles. The van der Waals surface area contributed by atoms with E-state index in [1.807, 2.05) is 24.3 Å². The predicted molar refractivity (Wildman–Crippen MR) is 64.7 cm³/mol. The van der Waals surface area contributed by atoms with Gasteiger partial charge in [0.2, 0.25) is 0 Å². The molecule has 0 saturated heterocycles. The van der Waals surface area contributed by atoms with Gasteiger partial charge in [-0.1, -0.05) is 50.3 Å². The third kappa shape index (κ3) is 4.30. The van der Waals surface area contributed by atoms with Crippen LogP contribution < -0.4 is 0 Å². The minimum atomic E-state index is 0.280. The van der Waals surface area contributed by atoms with E-state index >= 15 is 0 Å². The molecule has 1 aromatic carbocycles. The summed E-state index contributed by atoms with van der Waals surface area (Å²) < 4.78 is 5.86. The van der Waals surface area contributed by atoms with Gasteiger partial charge in [0.25, 0.3) is 0 Å². The van der Waals surface area contributed by atoms with E-state index in [1.165, 1.54) is 5.56 Å². The normalized spacial score (nSPS) is 12.7. The summed E-state index contributed by atoms with van der Waals surface area (Å²) in [6, 6.07) is 10.3. The predicted octanol–water partition coefficient (Wildman–Crippen LogP) is 3.80. The Bertz CT molecular complexity index is 277. The van der Waals surface area contributed by atoms with Crippen molar-refractivity contribution in [2.24, 2.45) is 5.92 Å². The van der Waals surface area contributed by atoms with Gasteiger partial charge in [-0.2, -0.15) is 0 Å². The standard InChI is InChI=1S/C14H20O/c1-4-8-14(12(2)3)15-11-13-9-6-5-7-10-13/h4-7,9-10,12,14H,1,8,11H2,2-3H3. The number of benzene rings is 1. The molecule has 0 spiro atoms. The molecule has 15 heavy (non-hydrogen) atoms. The molecule has 0 N–H and O–H groups in total. The molecule has 1 nitrogen and oxygen atoms in total. The first-order valence-corrected chi connectivity index (χ1v) is 5.50. The Morgan fingerprint density at radius 1 is 1.27 bits per heavy atom. The van der Waals surface area contributed by atoms with Gasteiger partial charge < -0.3 is 4.74 Å². The maximum Gasteiger partial charge on any atom is 0.0720 e. The second-order valence-electron chi connectivity index (χ2n) is 4.10. The van der Waals surface area contributed by atoms with Crippen LogP contribution in [0.4, 0.5) is 0 Å². The fraction of sp³-hybridized carbons (Fsp3) is 0.429. The SMILES string of the molecule is C=CCC(OCc1ccccc1)C(C)C. The van der Waals surface area contributed by atoms with Crippen LogP contribution in [0.25, 0.3) is 0 Å². The van der Waals surface area contributed by atoms with Gasteiger partial charge in [-0.15, -0.1) is 6.58 Å². The van der Waals surface area contributed by atoms with E-state index < -0.39 is 0 Å². The molecule has 1 atom stereocenters. The van der Waals surface area contributed by atoms with Crippen LogP contribution in [0.5, 0.6) is 0 Å². The first-order valence-electron chi connectivity index (χ1n) is 5.50. The summed E-state index contributed by atoms with van der Waals surface area (Å²) in [4.78, 5) is 0. The monoisotopic (exact) mass is 204 g/mol. The fourth-order valence-electron chi connectivity index (χ4n) is 1.47. The van der Waals surface area contributed by atoms with Crippen LogP contribution in [0, 0.1) is 5.92 Å². The first kappa shape index (κ1) is 12.0. The number of hydrogen-bond acceptors (Lipinski definition) is 1. The van der Waals surface area contributed by atoms with Crippen molar-refractivity contribution in [1.82, 2.24) is 0 Å². The van der Waals surface area contributed by atoms with Crippen molar-refractivity contribution in [3.05, 3.63) is 48.6 Å². The summed E-state index contributed by atoms with van der Waals surface area (Å²) in [6.07, 6.45) is 3.13. The van der Waals surface area contributed by atoms with Crippen LogP contribution >= 0.6 is 0 Å². The number of hydrogen-bond donors (Lipinski definition) is 0. The largest absolute Gasteiger partial charge is 0.373 e. The van der Waals surface area contributed by atoms with Gasteiger partial charge in [-0.25, -0.2) is 0 Å². The molecule has 0 amide bonds. The van der Waals surface area contributed by atoms with E-state index in [1.54, 1.807) is 0 Å². The minimum absolute atomic E-state index is 0.280. The lowest BCUT2D eigenvalue weighted by atomic mass is 10.0. The first-order chi connectivity index (χ1) is 7.24. The maximum atomic E-state index is 5.86. The summed E-state index contributed by atoms with van der Waals surface area (Å²) in [7, 11) is 0. The van der Waals surface area contributed by atoms with Crippen LogP contribution in [-0.4, -0.2) is 6.10 Å². The smallest absolute Gasteiger partial charge is 0.0720 e. The molecule has 0 radical (unpaired) electrons. The Kier molecular flexibility index (Phi) is 5.13. The summed E-state index contributed by atoms with van der Waals surface area (Å²) in [5.41, 5.74) is 1.23. The van der Waals surface area contributed by atoms with Gasteiger partial charge in [-0.05, 0) is 17.9 Å². The van der Waals surface area contributed by atoms with Crippen molar-refractivity contribution >= 4 is 0 Å². The second-order valence-corrected chi connectivity index (χ2v) is 4.10. The average Bonchev–Trinajstić information content (AvgIpc) is 2.25. The molecule has 0 bridgehead atoms. The lowest BCUT2D eigenvalue weighted by molar-refractivity contribution is 0.0129. The molecule has 1 unspecified atom stereocenters. The second kappa shape index (κ2) is 6.41. The Balaban J connectivity index is 2.43. The zero-order valence-corrected chi connectivity index (χ0v) is 9.65. The summed E-state index contributed by atoms with van der Waals surface area (Å²) in [6.45, 7) is 8.81. The van der Waals surface area contributed by atoms with E-state index in [0.29, 0.717) is 12.5 Å². The van der Waals surface area contributed by atoms with Gasteiger partial charge in [0, 0.05) is 0 Å². The van der Waals surface area contributed by atoms with E-state index in [-0.39, 0.29) is 6.10 Å². The molecule has 1 rings (SSSR count). The Morgan fingerprint density at radius 2 is 1.93 bits per heavy atom. The van der Waals surface area contributed by atoms with E-state index in [9.17, 15) is 0 Å². The summed E-state index contributed by atoms with van der Waals surface area (Å²) in [5, 5.41) is 0. The Hall–Kier alpha value is -1.08. The molecular weight excluding hydrogens is 184 g/mol. The molecule has 1 aromatic rings. The minimum Gasteiger partial charge on any atom is -0.373 e. The lowest BCUT2D eigenvalue weighted by Gasteiger charge is -2.20. The topological polar surface area (TPSA) is 9.23 Å². The third-order valence-corrected chi connectivity index (χ3v) is 2.45. The highest BCUT2D eigenvalue weighted by molar-refractivity contribution is 5.13. The quantitative estimate of drug-likeness (QED) is 0.640. The molecule has 0 fully saturated rings. The van der Waals surface area contributed by atoms with Crippen LogP contribution in [-0.2, 0) is 11.3 Å². The number of ether oxygens (including phenoxy) is 1. The van der Waals surface area contributed by atoms with E-state index in [4.69, 9.17) is 4.74 Å². The van der Waals surface area contributed by atoms with Crippen LogP contribution in [0.1, 0.15) is 25.8 Å². The molecule has 0 aliphatic heterocycles. The average molecular weight is 204 g/mol. The van der Waals surface area contributed by atoms with Gasteiger partial charge in [0.15, 0.2) is 0 Å². The molecule has 0 aromatic heterocycles. The summed E-state index contributed by atoms with van der Waals surface area (Å²) in [5.74, 6) is 0.534. The van der Waals surface area contributed by atoms with Gasteiger partial charge >= 0.3 is 0 Å². The molecule has 0 heterocycles. The van der Waals surface area contributed by atoms with Crippen molar-refractivity contribution in [2.75, 3.05) is 0 Å². The molecule has 0 aliphatic carbocycles.